The number of carbonyl (C=O) groups is 3. The van der Waals surface area contributed by atoms with Crippen molar-refractivity contribution in [2.75, 3.05) is 12.0 Å². The molecule has 31 heavy (non-hydrogen) atoms. The maximum Gasteiger partial charge on any atom is 0.408 e. The maximum atomic E-state index is 13.1. The van der Waals surface area contributed by atoms with E-state index in [1.807, 2.05) is 30.5 Å². The molecule has 2 aromatic rings. The number of thioether (sulfide) groups is 1. The highest BCUT2D eigenvalue weighted by molar-refractivity contribution is 7.98. The summed E-state index contributed by atoms with van der Waals surface area (Å²) >= 11 is 1.55. The van der Waals surface area contributed by atoms with Crippen LogP contribution in [0.2, 0.25) is 0 Å². The first kappa shape index (κ1) is 24.5. The molecule has 0 saturated heterocycles. The molecular formula is C21H31N5O4S. The lowest BCUT2D eigenvalue weighted by atomic mass is 10.0. The van der Waals surface area contributed by atoms with E-state index >= 15 is 0 Å². The van der Waals surface area contributed by atoms with Gasteiger partial charge in [-0.05, 0) is 50.8 Å². The van der Waals surface area contributed by atoms with Crippen LogP contribution in [0, 0.1) is 0 Å². The van der Waals surface area contributed by atoms with Gasteiger partial charge in [0.05, 0.1) is 0 Å². The Balaban J connectivity index is 2.23. The van der Waals surface area contributed by atoms with Crippen LogP contribution in [0.3, 0.4) is 0 Å². The van der Waals surface area contributed by atoms with Crippen molar-refractivity contribution >= 4 is 40.6 Å². The minimum absolute atomic E-state index is 0.217. The molecule has 0 saturated carbocycles. The number of alkyl carbamates (subject to hydrolysis) is 1. The van der Waals surface area contributed by atoms with Gasteiger partial charge in [-0.25, -0.2) is 10.6 Å². The summed E-state index contributed by atoms with van der Waals surface area (Å²) in [6.07, 6.45) is 3.62. The van der Waals surface area contributed by atoms with Gasteiger partial charge in [-0.3, -0.25) is 15.0 Å². The standard InChI is InChI=1S/C21H31N5O4S/c1-21(2,3)30-20(29)25-17(11-13-12-23-15-8-6-5-7-14(13)15)18(27)24-16(9-10-31-4)19(28)26-22/h5-8,12,16-17,23H,9-11,22H2,1-4H3,(H,24,27)(H,25,29)(H,26,28)/t16-,17-/m0/s1. The van der Waals surface area contributed by atoms with Crippen molar-refractivity contribution in [3.63, 3.8) is 0 Å². The largest absolute Gasteiger partial charge is 0.444 e. The lowest BCUT2D eigenvalue weighted by molar-refractivity contribution is -0.130. The molecule has 0 fully saturated rings. The van der Waals surface area contributed by atoms with Crippen molar-refractivity contribution in [2.24, 2.45) is 5.84 Å². The molecule has 2 rings (SSSR count). The predicted octanol–water partition coefficient (Wildman–Crippen LogP) is 1.83. The second kappa shape index (κ2) is 11.1. The number of amides is 3. The Labute approximate surface area is 186 Å². The van der Waals surface area contributed by atoms with Crippen molar-refractivity contribution < 1.29 is 19.1 Å². The van der Waals surface area contributed by atoms with E-state index < -0.39 is 35.6 Å². The van der Waals surface area contributed by atoms with Gasteiger partial charge >= 0.3 is 6.09 Å². The molecule has 1 aromatic heterocycles. The van der Waals surface area contributed by atoms with E-state index in [0.717, 1.165) is 16.5 Å². The van der Waals surface area contributed by atoms with Gasteiger partial charge in [0.1, 0.15) is 17.7 Å². The van der Waals surface area contributed by atoms with Crippen molar-refractivity contribution in [1.29, 1.82) is 0 Å². The number of benzene rings is 1. The number of hydrogen-bond acceptors (Lipinski definition) is 6. The number of hydrogen-bond donors (Lipinski definition) is 5. The molecule has 0 bridgehead atoms. The zero-order valence-corrected chi connectivity index (χ0v) is 19.1. The number of nitrogens with two attached hydrogens (primary N) is 1. The SMILES string of the molecule is CSCC[C@H](NC(=O)[C@H](Cc1c[nH]c2ccccc12)NC(=O)OC(C)(C)C)C(=O)NN. The number of hydrazine groups is 1. The molecule has 3 amide bonds. The van der Waals surface area contributed by atoms with Crippen molar-refractivity contribution in [2.45, 2.75) is 51.3 Å². The number of ether oxygens (including phenoxy) is 1. The number of aromatic nitrogens is 1. The van der Waals surface area contributed by atoms with Crippen LogP contribution < -0.4 is 21.9 Å². The van der Waals surface area contributed by atoms with Crippen LogP contribution in [0.5, 0.6) is 0 Å². The van der Waals surface area contributed by atoms with E-state index in [1.165, 1.54) is 0 Å². The van der Waals surface area contributed by atoms with Crippen LogP contribution in [-0.2, 0) is 20.7 Å². The number of carbonyl (C=O) groups excluding carboxylic acids is 3. The quantitative estimate of drug-likeness (QED) is 0.225. The van der Waals surface area contributed by atoms with Crippen LogP contribution in [0.15, 0.2) is 30.5 Å². The molecule has 6 N–H and O–H groups in total. The van der Waals surface area contributed by atoms with Gasteiger partial charge in [0, 0.05) is 23.5 Å². The molecule has 0 aliphatic rings. The molecule has 170 valence electrons. The van der Waals surface area contributed by atoms with Gasteiger partial charge in [-0.1, -0.05) is 18.2 Å². The Bertz CT molecular complexity index is 909. The predicted molar refractivity (Wildman–Crippen MR) is 122 cm³/mol. The average molecular weight is 450 g/mol. The van der Waals surface area contributed by atoms with E-state index in [1.54, 1.807) is 38.7 Å². The molecule has 10 heteroatoms. The van der Waals surface area contributed by atoms with E-state index in [-0.39, 0.29) is 6.42 Å². The molecule has 9 nitrogen and oxygen atoms in total. The molecule has 0 radical (unpaired) electrons. The number of para-hydroxylation sites is 1. The summed E-state index contributed by atoms with van der Waals surface area (Å²) < 4.78 is 5.32. The average Bonchev–Trinajstić information content (AvgIpc) is 3.11. The molecule has 0 aliphatic heterocycles. The third kappa shape index (κ3) is 7.48. The fourth-order valence-electron chi connectivity index (χ4n) is 3.06. The normalized spacial score (nSPS) is 13.3. The number of H-pyrrole nitrogens is 1. The van der Waals surface area contributed by atoms with E-state index in [9.17, 15) is 14.4 Å². The minimum Gasteiger partial charge on any atom is -0.444 e. The lowest BCUT2D eigenvalue weighted by Crippen LogP contribution is -2.55. The van der Waals surface area contributed by atoms with Gasteiger partial charge in [0.15, 0.2) is 0 Å². The first-order valence-electron chi connectivity index (χ1n) is 9.99. The lowest BCUT2D eigenvalue weighted by Gasteiger charge is -2.25. The third-order valence-electron chi connectivity index (χ3n) is 4.49. The molecular weight excluding hydrogens is 418 g/mol. The highest BCUT2D eigenvalue weighted by Gasteiger charge is 2.29. The Hall–Kier alpha value is -2.72. The molecule has 0 unspecified atom stereocenters. The van der Waals surface area contributed by atoms with Crippen LogP contribution >= 0.6 is 11.8 Å². The summed E-state index contributed by atoms with van der Waals surface area (Å²) in [5.41, 5.74) is 3.15. The van der Waals surface area contributed by atoms with Crippen LogP contribution in [0.4, 0.5) is 4.79 Å². The van der Waals surface area contributed by atoms with Gasteiger partial charge in [-0.2, -0.15) is 11.8 Å². The minimum atomic E-state index is -0.948. The Morgan fingerprint density at radius 1 is 1.13 bits per heavy atom. The Morgan fingerprint density at radius 3 is 2.48 bits per heavy atom. The number of aromatic amines is 1. The summed E-state index contributed by atoms with van der Waals surface area (Å²) in [6.45, 7) is 5.22. The number of rotatable bonds is 9. The van der Waals surface area contributed by atoms with Crippen molar-refractivity contribution in [3.05, 3.63) is 36.0 Å². The highest BCUT2D eigenvalue weighted by Crippen LogP contribution is 2.19. The Kier molecular flexibility index (Phi) is 8.76. The zero-order chi connectivity index (χ0) is 23.0. The number of nitrogens with one attached hydrogen (secondary N) is 4. The van der Waals surface area contributed by atoms with Gasteiger partial charge in [0.25, 0.3) is 5.91 Å². The smallest absolute Gasteiger partial charge is 0.408 e. The third-order valence-corrected chi connectivity index (χ3v) is 5.14. The fraction of sp³-hybridized carbons (Fsp3) is 0.476. The summed E-state index contributed by atoms with van der Waals surface area (Å²) in [7, 11) is 0. The van der Waals surface area contributed by atoms with Crippen molar-refractivity contribution in [1.82, 2.24) is 21.0 Å². The monoisotopic (exact) mass is 449 g/mol. The second-order valence-electron chi connectivity index (χ2n) is 8.11. The van der Waals surface area contributed by atoms with Gasteiger partial charge < -0.3 is 20.4 Å². The second-order valence-corrected chi connectivity index (χ2v) is 9.10. The molecule has 1 heterocycles. The first-order valence-corrected chi connectivity index (χ1v) is 11.4. The van der Waals surface area contributed by atoms with E-state index in [2.05, 4.69) is 21.0 Å². The number of fused-ring (bicyclic) bond motifs is 1. The Morgan fingerprint density at radius 2 is 1.84 bits per heavy atom. The van der Waals surface area contributed by atoms with Crippen molar-refractivity contribution in [3.8, 4) is 0 Å². The van der Waals surface area contributed by atoms with Gasteiger partial charge in [0.2, 0.25) is 5.91 Å². The van der Waals surface area contributed by atoms with Crippen LogP contribution in [0.25, 0.3) is 10.9 Å². The van der Waals surface area contributed by atoms with Crippen LogP contribution in [-0.4, -0.2) is 52.6 Å². The van der Waals surface area contributed by atoms with E-state index in [4.69, 9.17) is 10.6 Å². The summed E-state index contributed by atoms with van der Waals surface area (Å²) in [5, 5.41) is 6.29. The van der Waals surface area contributed by atoms with E-state index in [0.29, 0.717) is 12.2 Å². The zero-order valence-electron chi connectivity index (χ0n) is 18.3. The summed E-state index contributed by atoms with van der Waals surface area (Å²) in [5.74, 6) is 4.94. The van der Waals surface area contributed by atoms with Crippen LogP contribution in [0.1, 0.15) is 32.8 Å². The highest BCUT2D eigenvalue weighted by atomic mass is 32.2. The fourth-order valence-corrected chi connectivity index (χ4v) is 3.53. The van der Waals surface area contributed by atoms with Gasteiger partial charge in [-0.15, -0.1) is 0 Å². The molecule has 2 atom stereocenters. The topological polar surface area (TPSA) is 138 Å². The molecule has 0 spiro atoms. The molecule has 0 aliphatic carbocycles. The summed E-state index contributed by atoms with van der Waals surface area (Å²) in [4.78, 5) is 40.7. The molecule has 1 aromatic carbocycles. The maximum absolute atomic E-state index is 13.1. The summed E-state index contributed by atoms with van der Waals surface area (Å²) in [6, 6.07) is 5.92. The first-order chi connectivity index (χ1) is 14.6.